The number of unbranched alkanes of at least 4 members (excludes halogenated alkanes) is 3. The molecule has 2 heterocycles. The Morgan fingerprint density at radius 2 is 1.40 bits per heavy atom. The second-order valence-electron chi connectivity index (χ2n) is 9.71. The molecule has 0 atom stereocenters. The van der Waals surface area contributed by atoms with Gasteiger partial charge in [-0.2, -0.15) is 4.98 Å². The number of rotatable bonds is 25. The minimum Gasteiger partial charge on any atom is -0.379 e. The van der Waals surface area contributed by atoms with Crippen LogP contribution in [0.1, 0.15) is 37.1 Å². The van der Waals surface area contributed by atoms with Crippen molar-refractivity contribution in [3.05, 3.63) is 51.8 Å². The maximum absolute atomic E-state index is 13.4. The Morgan fingerprint density at radius 1 is 0.814 bits per heavy atom. The first-order valence-corrected chi connectivity index (χ1v) is 15.3. The molecule has 0 saturated heterocycles. The summed E-state index contributed by atoms with van der Waals surface area (Å²) in [5, 5.41) is 3.27. The van der Waals surface area contributed by atoms with Crippen molar-refractivity contribution in [2.45, 2.75) is 38.8 Å². The van der Waals surface area contributed by atoms with Crippen LogP contribution in [-0.4, -0.2) is 98.0 Å². The summed E-state index contributed by atoms with van der Waals surface area (Å²) in [6.07, 6.45) is 4.44. The number of fused-ring (bicyclic) bond motifs is 1. The number of nitrogens with two attached hydrogens (primary N) is 1. The van der Waals surface area contributed by atoms with Crippen LogP contribution in [0.25, 0.3) is 11.2 Å². The molecule has 240 valence electrons. The van der Waals surface area contributed by atoms with Crippen LogP contribution in [0.5, 0.6) is 0 Å². The van der Waals surface area contributed by atoms with E-state index >= 15 is 0 Å². The molecular formula is C29H44ClFN6O6. The van der Waals surface area contributed by atoms with E-state index in [0.717, 1.165) is 43.7 Å². The van der Waals surface area contributed by atoms with Gasteiger partial charge in [-0.05, 0) is 30.5 Å². The molecule has 0 saturated carbocycles. The van der Waals surface area contributed by atoms with Crippen molar-refractivity contribution < 1.29 is 28.1 Å². The molecule has 3 rings (SSSR count). The van der Waals surface area contributed by atoms with Crippen molar-refractivity contribution >= 4 is 28.7 Å². The van der Waals surface area contributed by atoms with E-state index in [2.05, 4.69) is 20.3 Å². The van der Waals surface area contributed by atoms with Gasteiger partial charge in [0.1, 0.15) is 11.6 Å². The first-order chi connectivity index (χ1) is 21.1. The highest BCUT2D eigenvalue weighted by Gasteiger charge is 2.16. The van der Waals surface area contributed by atoms with Gasteiger partial charge in [-0.25, -0.2) is 9.37 Å². The Hall–Kier alpha value is -2.65. The molecule has 0 aliphatic heterocycles. The standard InChI is InChI=1S/C29H44ClFN6O6/c30-9-3-1-2-4-11-39-13-15-41-17-19-43-20-18-42-16-14-40-12-10-33-21-25-34-26-27(35-29(32)36-28(26)38)37(25)22-23-5-7-24(31)8-6-23/h5-8,33H,1-4,9-22H2,(H3,32,35,36,38). The van der Waals surface area contributed by atoms with Gasteiger partial charge in [0.2, 0.25) is 5.95 Å². The van der Waals surface area contributed by atoms with Crippen LogP contribution in [0.3, 0.4) is 0 Å². The van der Waals surface area contributed by atoms with E-state index in [1.807, 2.05) is 0 Å². The van der Waals surface area contributed by atoms with Crippen molar-refractivity contribution in [2.24, 2.45) is 0 Å². The number of nitrogens with zero attached hydrogens (tertiary/aromatic N) is 3. The van der Waals surface area contributed by atoms with E-state index in [-0.39, 0.29) is 17.3 Å². The molecule has 1 aromatic carbocycles. The minimum absolute atomic E-state index is 0.00522. The topological polar surface area (TPSA) is 148 Å². The number of aromatic amines is 1. The highest BCUT2D eigenvalue weighted by molar-refractivity contribution is 6.17. The average molecular weight is 627 g/mol. The van der Waals surface area contributed by atoms with E-state index < -0.39 is 5.56 Å². The Kier molecular flexibility index (Phi) is 17.1. The summed E-state index contributed by atoms with van der Waals surface area (Å²) in [6.45, 7) is 6.64. The van der Waals surface area contributed by atoms with Gasteiger partial charge in [0.25, 0.3) is 5.56 Å². The zero-order valence-electron chi connectivity index (χ0n) is 24.7. The van der Waals surface area contributed by atoms with Crippen molar-refractivity contribution in [3.63, 3.8) is 0 Å². The van der Waals surface area contributed by atoms with Gasteiger partial charge < -0.3 is 39.3 Å². The van der Waals surface area contributed by atoms with Gasteiger partial charge in [-0.1, -0.05) is 25.0 Å². The number of hydrogen-bond donors (Lipinski definition) is 3. The second kappa shape index (κ2) is 21.1. The van der Waals surface area contributed by atoms with Crippen LogP contribution in [-0.2, 0) is 36.8 Å². The molecule has 4 N–H and O–H groups in total. The highest BCUT2D eigenvalue weighted by Crippen LogP contribution is 2.15. The third-order valence-electron chi connectivity index (χ3n) is 6.32. The van der Waals surface area contributed by atoms with Gasteiger partial charge in [0.15, 0.2) is 11.2 Å². The van der Waals surface area contributed by atoms with Crippen LogP contribution < -0.4 is 16.6 Å². The number of alkyl halides is 1. The maximum atomic E-state index is 13.4. The quantitative estimate of drug-likeness (QED) is 0.0947. The van der Waals surface area contributed by atoms with Crippen molar-refractivity contribution in [3.8, 4) is 0 Å². The lowest BCUT2D eigenvalue weighted by Crippen LogP contribution is -2.22. The molecule has 12 nitrogen and oxygen atoms in total. The first kappa shape index (κ1) is 34.8. The molecule has 0 aliphatic carbocycles. The third-order valence-corrected chi connectivity index (χ3v) is 6.59. The predicted octanol–water partition coefficient (Wildman–Crippen LogP) is 2.86. The van der Waals surface area contributed by atoms with E-state index in [1.165, 1.54) is 12.1 Å². The van der Waals surface area contributed by atoms with Gasteiger partial charge in [0, 0.05) is 19.0 Å². The number of anilines is 1. The van der Waals surface area contributed by atoms with Crippen LogP contribution in [0.4, 0.5) is 10.3 Å². The zero-order valence-corrected chi connectivity index (χ0v) is 25.4. The number of hydrogen-bond acceptors (Lipinski definition) is 10. The Labute approximate surface area is 256 Å². The monoisotopic (exact) mass is 626 g/mol. The number of halogens is 2. The first-order valence-electron chi connectivity index (χ1n) is 14.7. The number of aromatic nitrogens is 4. The van der Waals surface area contributed by atoms with Crippen LogP contribution in [0, 0.1) is 5.82 Å². The summed E-state index contributed by atoms with van der Waals surface area (Å²) in [7, 11) is 0. The summed E-state index contributed by atoms with van der Waals surface area (Å²) in [4.78, 5) is 23.6. The molecule has 3 aromatic rings. The number of nitrogens with one attached hydrogen (secondary N) is 2. The largest absolute Gasteiger partial charge is 0.379 e. The minimum atomic E-state index is -0.412. The van der Waals surface area contributed by atoms with Gasteiger partial charge >= 0.3 is 0 Å². The molecule has 43 heavy (non-hydrogen) atoms. The molecule has 0 aliphatic rings. The number of imidazole rings is 1. The highest BCUT2D eigenvalue weighted by atomic mass is 35.5. The molecule has 0 radical (unpaired) electrons. The van der Waals surface area contributed by atoms with Crippen LogP contribution in [0.15, 0.2) is 29.1 Å². The van der Waals surface area contributed by atoms with E-state index in [0.29, 0.717) is 90.6 Å². The molecule has 0 amide bonds. The van der Waals surface area contributed by atoms with Crippen molar-refractivity contribution in [2.75, 3.05) is 84.2 Å². The fourth-order valence-corrected chi connectivity index (χ4v) is 4.31. The lowest BCUT2D eigenvalue weighted by atomic mass is 10.2. The predicted molar refractivity (Wildman–Crippen MR) is 163 cm³/mol. The Morgan fingerprint density at radius 3 is 2.02 bits per heavy atom. The second-order valence-corrected chi connectivity index (χ2v) is 10.1. The molecule has 0 unspecified atom stereocenters. The van der Waals surface area contributed by atoms with Crippen molar-refractivity contribution in [1.82, 2.24) is 24.8 Å². The van der Waals surface area contributed by atoms with Crippen LogP contribution in [0.2, 0.25) is 0 Å². The molecule has 2 aromatic heterocycles. The number of ether oxygens (including phenoxy) is 5. The third kappa shape index (κ3) is 13.7. The maximum Gasteiger partial charge on any atom is 0.280 e. The van der Waals surface area contributed by atoms with E-state index in [1.54, 1.807) is 16.7 Å². The fourth-order valence-electron chi connectivity index (χ4n) is 4.12. The fraction of sp³-hybridized carbons (Fsp3) is 0.621. The summed E-state index contributed by atoms with van der Waals surface area (Å²) in [6, 6.07) is 6.13. The summed E-state index contributed by atoms with van der Waals surface area (Å²) >= 11 is 5.65. The van der Waals surface area contributed by atoms with Gasteiger partial charge in [0.05, 0.1) is 72.6 Å². The van der Waals surface area contributed by atoms with Gasteiger partial charge in [-0.3, -0.25) is 9.78 Å². The SMILES string of the molecule is Nc1nc2c(nc(CNCCOCCOCCOCCOCCOCCCCCCCl)n2Cc2ccc(F)cc2)c(=O)[nH]1. The normalized spacial score (nSPS) is 11.6. The number of H-pyrrole nitrogens is 1. The molecule has 0 spiro atoms. The molecule has 0 fully saturated rings. The Balaban J connectivity index is 1.19. The van der Waals surface area contributed by atoms with Crippen molar-refractivity contribution in [1.29, 1.82) is 0 Å². The average Bonchev–Trinajstić information content (AvgIpc) is 3.33. The summed E-state index contributed by atoms with van der Waals surface area (Å²) in [5.74, 6) is 1.02. The summed E-state index contributed by atoms with van der Waals surface area (Å²) in [5.41, 5.74) is 6.76. The van der Waals surface area contributed by atoms with E-state index in [4.69, 9.17) is 41.0 Å². The molecule has 14 heteroatoms. The molecular weight excluding hydrogens is 583 g/mol. The lowest BCUT2D eigenvalue weighted by Gasteiger charge is -2.10. The Bertz CT molecular complexity index is 1230. The smallest absolute Gasteiger partial charge is 0.280 e. The number of nitrogen functional groups attached to an aromatic ring is 1. The lowest BCUT2D eigenvalue weighted by molar-refractivity contribution is -0.0110. The summed E-state index contributed by atoms with van der Waals surface area (Å²) < 4.78 is 42.8. The number of benzene rings is 1. The van der Waals surface area contributed by atoms with Gasteiger partial charge in [-0.15, -0.1) is 11.6 Å². The van der Waals surface area contributed by atoms with E-state index in [9.17, 15) is 9.18 Å². The van der Waals surface area contributed by atoms with Crippen LogP contribution >= 0.6 is 11.6 Å². The molecule has 0 bridgehead atoms. The zero-order chi connectivity index (χ0) is 30.5.